The van der Waals surface area contributed by atoms with Gasteiger partial charge < -0.3 is 9.47 Å². The lowest BCUT2D eigenvalue weighted by Gasteiger charge is -2.12. The Morgan fingerprint density at radius 3 is 1.96 bits per heavy atom. The fourth-order valence-corrected chi connectivity index (χ4v) is 2.33. The van der Waals surface area contributed by atoms with Gasteiger partial charge in [0.1, 0.15) is 13.2 Å². The molecule has 0 aliphatic rings. The van der Waals surface area contributed by atoms with Crippen LogP contribution in [-0.2, 0) is 18.0 Å². The summed E-state index contributed by atoms with van der Waals surface area (Å²) in [6.07, 6.45) is 0. The topological polar surface area (TPSA) is 61.3 Å². The lowest BCUT2D eigenvalue weighted by Crippen LogP contribution is -2.13. The fraction of sp³-hybridized carbons (Fsp3) is 0.190. The quantitative estimate of drug-likeness (QED) is 0.630. The summed E-state index contributed by atoms with van der Waals surface area (Å²) in [7, 11) is 0. The smallest absolute Gasteiger partial charge is 0.362 e. The molecule has 0 aliphatic heterocycles. The van der Waals surface area contributed by atoms with Gasteiger partial charge in [0.25, 0.3) is 0 Å². The van der Waals surface area contributed by atoms with Gasteiger partial charge in [-0.1, -0.05) is 60.7 Å². The Balaban J connectivity index is 1.76. The second kappa shape index (κ2) is 8.25. The number of carbonyl (C=O) groups excluding carboxylic acids is 1. The first-order chi connectivity index (χ1) is 12.6. The molecule has 0 unspecified atom stereocenters. The molecule has 0 fully saturated rings. The Bertz CT molecular complexity index is 881. The van der Waals surface area contributed by atoms with Crippen molar-refractivity contribution in [1.29, 1.82) is 0 Å². The number of esters is 1. The molecule has 0 aliphatic carbocycles. The van der Waals surface area contributed by atoms with E-state index in [1.165, 1.54) is 0 Å². The zero-order valence-electron chi connectivity index (χ0n) is 14.8. The standard InChI is InChI=1S/C21H20N2O3/c1-15-16(2)23-20(25-13-17-9-5-3-6-10-17)19(22-15)21(24)26-14-18-11-7-4-8-12-18/h3-12H,13-14H2,1-2H3. The van der Waals surface area contributed by atoms with E-state index in [1.54, 1.807) is 6.92 Å². The Labute approximate surface area is 152 Å². The summed E-state index contributed by atoms with van der Waals surface area (Å²) in [6.45, 7) is 4.11. The normalized spacial score (nSPS) is 10.4. The van der Waals surface area contributed by atoms with E-state index in [1.807, 2.05) is 67.6 Å². The Morgan fingerprint density at radius 2 is 1.35 bits per heavy atom. The average Bonchev–Trinajstić information content (AvgIpc) is 2.68. The van der Waals surface area contributed by atoms with E-state index in [4.69, 9.17) is 9.47 Å². The van der Waals surface area contributed by atoms with E-state index in [0.29, 0.717) is 18.0 Å². The molecule has 5 heteroatoms. The van der Waals surface area contributed by atoms with Crippen molar-refractivity contribution in [3.8, 4) is 5.88 Å². The third kappa shape index (κ3) is 4.45. The highest BCUT2D eigenvalue weighted by atomic mass is 16.5. The van der Waals surface area contributed by atoms with Gasteiger partial charge in [-0.3, -0.25) is 0 Å². The summed E-state index contributed by atoms with van der Waals surface area (Å²) in [5.41, 5.74) is 3.37. The van der Waals surface area contributed by atoms with Crippen molar-refractivity contribution in [2.45, 2.75) is 27.1 Å². The molecule has 0 saturated carbocycles. The highest BCUT2D eigenvalue weighted by Gasteiger charge is 2.20. The molecule has 1 heterocycles. The maximum Gasteiger partial charge on any atom is 0.362 e. The molecule has 132 valence electrons. The number of carbonyl (C=O) groups is 1. The van der Waals surface area contributed by atoms with Crippen LogP contribution in [0.25, 0.3) is 0 Å². The number of nitrogens with zero attached hydrogens (tertiary/aromatic N) is 2. The van der Waals surface area contributed by atoms with E-state index in [0.717, 1.165) is 11.1 Å². The van der Waals surface area contributed by atoms with Gasteiger partial charge in [0, 0.05) is 0 Å². The van der Waals surface area contributed by atoms with Crippen LogP contribution < -0.4 is 4.74 Å². The van der Waals surface area contributed by atoms with Crippen LogP contribution in [0.2, 0.25) is 0 Å². The van der Waals surface area contributed by atoms with Gasteiger partial charge in [0.15, 0.2) is 0 Å². The first kappa shape index (κ1) is 17.6. The van der Waals surface area contributed by atoms with Crippen LogP contribution in [0.15, 0.2) is 60.7 Å². The maximum atomic E-state index is 12.5. The molecule has 0 radical (unpaired) electrons. The van der Waals surface area contributed by atoms with Crippen molar-refractivity contribution in [3.63, 3.8) is 0 Å². The molecule has 0 atom stereocenters. The zero-order valence-corrected chi connectivity index (χ0v) is 14.8. The molecule has 5 nitrogen and oxygen atoms in total. The largest absolute Gasteiger partial charge is 0.471 e. The number of aryl methyl sites for hydroxylation is 2. The monoisotopic (exact) mass is 348 g/mol. The minimum atomic E-state index is -0.549. The van der Waals surface area contributed by atoms with E-state index < -0.39 is 5.97 Å². The van der Waals surface area contributed by atoms with Gasteiger partial charge in [-0.15, -0.1) is 0 Å². The number of aromatic nitrogens is 2. The van der Waals surface area contributed by atoms with Gasteiger partial charge >= 0.3 is 5.97 Å². The van der Waals surface area contributed by atoms with Crippen LogP contribution in [0, 0.1) is 13.8 Å². The summed E-state index contributed by atoms with van der Waals surface area (Å²) in [5, 5.41) is 0. The maximum absolute atomic E-state index is 12.5. The molecular weight excluding hydrogens is 328 g/mol. The predicted molar refractivity (Wildman–Crippen MR) is 97.8 cm³/mol. The van der Waals surface area contributed by atoms with Gasteiger partial charge in [-0.2, -0.15) is 0 Å². The van der Waals surface area contributed by atoms with E-state index in [2.05, 4.69) is 9.97 Å². The summed E-state index contributed by atoms with van der Waals surface area (Å²) in [5.74, 6) is -0.359. The molecule has 0 amide bonds. The third-order valence-electron chi connectivity index (χ3n) is 3.90. The first-order valence-corrected chi connectivity index (χ1v) is 8.36. The summed E-state index contributed by atoms with van der Waals surface area (Å²) >= 11 is 0. The second-order valence-electron chi connectivity index (χ2n) is 5.88. The minimum absolute atomic E-state index is 0.0972. The van der Waals surface area contributed by atoms with Crippen molar-refractivity contribution < 1.29 is 14.3 Å². The predicted octanol–water partition coefficient (Wildman–Crippen LogP) is 4.03. The van der Waals surface area contributed by atoms with Crippen molar-refractivity contribution in [2.75, 3.05) is 0 Å². The number of hydrogen-bond acceptors (Lipinski definition) is 5. The van der Waals surface area contributed by atoms with Crippen molar-refractivity contribution in [1.82, 2.24) is 9.97 Å². The van der Waals surface area contributed by atoms with Crippen LogP contribution >= 0.6 is 0 Å². The highest BCUT2D eigenvalue weighted by Crippen LogP contribution is 2.19. The minimum Gasteiger partial charge on any atom is -0.471 e. The van der Waals surface area contributed by atoms with E-state index in [-0.39, 0.29) is 18.2 Å². The van der Waals surface area contributed by atoms with Crippen LogP contribution in [0.1, 0.15) is 33.0 Å². The van der Waals surface area contributed by atoms with Crippen molar-refractivity contribution in [2.24, 2.45) is 0 Å². The molecule has 0 N–H and O–H groups in total. The molecule has 0 bridgehead atoms. The van der Waals surface area contributed by atoms with E-state index in [9.17, 15) is 4.79 Å². The summed E-state index contributed by atoms with van der Waals surface area (Å²) < 4.78 is 11.1. The zero-order chi connectivity index (χ0) is 18.4. The molecule has 26 heavy (non-hydrogen) atoms. The Morgan fingerprint density at radius 1 is 0.808 bits per heavy atom. The molecular formula is C21H20N2O3. The lowest BCUT2D eigenvalue weighted by atomic mass is 10.2. The number of benzene rings is 2. The number of ether oxygens (including phenoxy) is 2. The van der Waals surface area contributed by atoms with Crippen LogP contribution in [0.5, 0.6) is 5.88 Å². The SMILES string of the molecule is Cc1nc(OCc2ccccc2)c(C(=O)OCc2ccccc2)nc1C. The van der Waals surface area contributed by atoms with Gasteiger partial charge in [0.05, 0.1) is 11.4 Å². The fourth-order valence-electron chi connectivity index (χ4n) is 2.33. The molecule has 0 saturated heterocycles. The number of rotatable bonds is 6. The summed E-state index contributed by atoms with van der Waals surface area (Å²) in [6, 6.07) is 19.2. The lowest BCUT2D eigenvalue weighted by molar-refractivity contribution is 0.0458. The molecule has 2 aromatic carbocycles. The van der Waals surface area contributed by atoms with Gasteiger partial charge in [0.2, 0.25) is 11.6 Å². The van der Waals surface area contributed by atoms with Crippen LogP contribution in [-0.4, -0.2) is 15.9 Å². The van der Waals surface area contributed by atoms with Crippen LogP contribution in [0.3, 0.4) is 0 Å². The molecule has 3 aromatic rings. The third-order valence-corrected chi connectivity index (χ3v) is 3.90. The Hall–Kier alpha value is -3.21. The average molecular weight is 348 g/mol. The molecule has 0 spiro atoms. The van der Waals surface area contributed by atoms with Crippen LogP contribution in [0.4, 0.5) is 0 Å². The Kier molecular flexibility index (Phi) is 5.59. The van der Waals surface area contributed by atoms with Gasteiger partial charge in [-0.05, 0) is 25.0 Å². The summed E-state index contributed by atoms with van der Waals surface area (Å²) in [4.78, 5) is 21.2. The van der Waals surface area contributed by atoms with Crippen molar-refractivity contribution in [3.05, 3.63) is 88.9 Å². The van der Waals surface area contributed by atoms with Crippen molar-refractivity contribution >= 4 is 5.97 Å². The molecule has 3 rings (SSSR count). The van der Waals surface area contributed by atoms with E-state index >= 15 is 0 Å². The van der Waals surface area contributed by atoms with Gasteiger partial charge in [-0.25, -0.2) is 14.8 Å². The first-order valence-electron chi connectivity index (χ1n) is 8.36. The number of hydrogen-bond donors (Lipinski definition) is 0. The highest BCUT2D eigenvalue weighted by molar-refractivity contribution is 5.89. The second-order valence-corrected chi connectivity index (χ2v) is 5.88. The molecule has 1 aromatic heterocycles.